The molecule has 0 unspecified atom stereocenters. The molecule has 0 bridgehead atoms. The lowest BCUT2D eigenvalue weighted by Crippen LogP contribution is -2.38. The summed E-state index contributed by atoms with van der Waals surface area (Å²) in [4.78, 5) is 0. The third kappa shape index (κ3) is 6.44. The molecule has 2 aromatic rings. The highest BCUT2D eigenvalue weighted by Gasteiger charge is 2.45. The minimum absolute atomic E-state index is 0.0561. The summed E-state index contributed by atoms with van der Waals surface area (Å²) >= 11 is 0. The Labute approximate surface area is 229 Å². The highest BCUT2D eigenvalue weighted by Crippen LogP contribution is 2.47. The zero-order chi connectivity index (χ0) is 27.6. The monoisotopic (exact) mass is 541 g/mol. The molecule has 0 heterocycles. The average molecular weight is 542 g/mol. The zero-order valence-electron chi connectivity index (χ0n) is 22.8. The first-order chi connectivity index (χ1) is 18.7. The second-order valence-corrected chi connectivity index (χ2v) is 12.4. The third-order valence-corrected chi connectivity index (χ3v) is 9.95. The van der Waals surface area contributed by atoms with Crippen LogP contribution in [0.1, 0.15) is 112 Å². The molecule has 0 aliphatic heterocycles. The van der Waals surface area contributed by atoms with Crippen molar-refractivity contribution in [3.63, 3.8) is 0 Å². The molecule has 39 heavy (non-hydrogen) atoms. The summed E-state index contributed by atoms with van der Waals surface area (Å²) in [6, 6.07) is 10.9. The summed E-state index contributed by atoms with van der Waals surface area (Å²) in [5.74, 6) is 0.318. The Hall–Kier alpha value is -2.55. The lowest BCUT2D eigenvalue weighted by Gasteiger charge is -2.39. The van der Waals surface area contributed by atoms with Gasteiger partial charge >= 0.3 is 6.11 Å². The van der Waals surface area contributed by atoms with Crippen LogP contribution in [0.15, 0.2) is 36.4 Å². The van der Waals surface area contributed by atoms with Crippen LogP contribution in [0.2, 0.25) is 0 Å². The van der Waals surface area contributed by atoms with Gasteiger partial charge in [-0.1, -0.05) is 31.9 Å². The molecule has 0 amide bonds. The van der Waals surface area contributed by atoms with Gasteiger partial charge in [0.15, 0.2) is 0 Å². The molecule has 0 spiro atoms. The lowest BCUT2D eigenvalue weighted by molar-refractivity contribution is -0.224. The number of halogens is 4. The largest absolute Gasteiger partial charge is 0.432 e. The summed E-state index contributed by atoms with van der Waals surface area (Å²) < 4.78 is 63.7. The Bertz CT molecular complexity index is 1170. The van der Waals surface area contributed by atoms with Gasteiger partial charge in [0.25, 0.3) is 0 Å². The van der Waals surface area contributed by atoms with E-state index in [1.807, 2.05) is 6.07 Å². The van der Waals surface area contributed by atoms with E-state index in [0.29, 0.717) is 30.6 Å². The van der Waals surface area contributed by atoms with Crippen LogP contribution in [0.5, 0.6) is 5.75 Å². The van der Waals surface area contributed by atoms with E-state index in [1.165, 1.54) is 18.9 Å². The summed E-state index contributed by atoms with van der Waals surface area (Å²) in [6.45, 7) is 2.30. The maximum Gasteiger partial charge on any atom is 0.400 e. The number of hydrogen-bond acceptors (Lipinski definition) is 2. The van der Waals surface area contributed by atoms with E-state index in [4.69, 9.17) is 10.00 Å². The Kier molecular flexibility index (Phi) is 8.55. The Balaban J connectivity index is 1.11. The van der Waals surface area contributed by atoms with Gasteiger partial charge in [0, 0.05) is 6.07 Å². The maximum atomic E-state index is 15.2. The van der Waals surface area contributed by atoms with Crippen LogP contribution >= 0.6 is 0 Å². The van der Waals surface area contributed by atoms with E-state index >= 15 is 4.39 Å². The number of benzene rings is 2. The number of alkyl halides is 2. The average Bonchev–Trinajstić information content (AvgIpc) is 2.93. The Morgan fingerprint density at radius 2 is 1.36 bits per heavy atom. The fourth-order valence-corrected chi connectivity index (χ4v) is 7.44. The van der Waals surface area contributed by atoms with Gasteiger partial charge in [-0.25, -0.2) is 8.78 Å². The van der Waals surface area contributed by atoms with E-state index in [0.717, 1.165) is 80.5 Å². The third-order valence-electron chi connectivity index (χ3n) is 9.95. The molecular formula is C33H39F4NO. The van der Waals surface area contributed by atoms with E-state index in [-0.39, 0.29) is 23.0 Å². The van der Waals surface area contributed by atoms with Gasteiger partial charge in [-0.2, -0.15) is 14.0 Å². The van der Waals surface area contributed by atoms with E-state index in [1.54, 1.807) is 12.1 Å². The van der Waals surface area contributed by atoms with E-state index < -0.39 is 17.8 Å². The van der Waals surface area contributed by atoms with Crippen molar-refractivity contribution < 1.29 is 22.3 Å². The summed E-state index contributed by atoms with van der Waals surface area (Å²) in [5.41, 5.74) is 1.80. The number of nitrogens with zero attached hydrogens (tertiary/aromatic N) is 1. The van der Waals surface area contributed by atoms with Gasteiger partial charge in [-0.05, 0) is 123 Å². The lowest BCUT2D eigenvalue weighted by atomic mass is 9.68. The number of rotatable bonds is 6. The molecule has 0 saturated heterocycles. The number of nitriles is 1. The number of hydrogen-bond donors (Lipinski definition) is 0. The van der Waals surface area contributed by atoms with Crippen LogP contribution in [0.3, 0.4) is 0 Å². The van der Waals surface area contributed by atoms with Crippen LogP contribution in [0.25, 0.3) is 0 Å². The first-order valence-electron chi connectivity index (χ1n) is 14.8. The summed E-state index contributed by atoms with van der Waals surface area (Å²) in [7, 11) is 0. The van der Waals surface area contributed by atoms with Crippen LogP contribution < -0.4 is 4.74 Å². The number of ether oxygens (including phenoxy) is 1. The van der Waals surface area contributed by atoms with Gasteiger partial charge in [0.1, 0.15) is 23.5 Å². The molecule has 5 rings (SSSR count). The molecule has 0 N–H and O–H groups in total. The van der Waals surface area contributed by atoms with Gasteiger partial charge in [-0.15, -0.1) is 0 Å². The van der Waals surface area contributed by atoms with Crippen molar-refractivity contribution in [2.24, 2.45) is 23.7 Å². The maximum absolute atomic E-state index is 15.2. The van der Waals surface area contributed by atoms with Crippen molar-refractivity contribution in [2.45, 2.75) is 102 Å². The second-order valence-electron chi connectivity index (χ2n) is 12.4. The molecule has 0 atom stereocenters. The fraction of sp³-hybridized carbons (Fsp3) is 0.606. The van der Waals surface area contributed by atoms with Crippen molar-refractivity contribution in [3.8, 4) is 11.8 Å². The molecule has 3 fully saturated rings. The van der Waals surface area contributed by atoms with Crippen LogP contribution in [0, 0.1) is 46.6 Å². The molecule has 210 valence electrons. The second kappa shape index (κ2) is 11.9. The topological polar surface area (TPSA) is 33.0 Å². The highest BCUT2D eigenvalue weighted by molar-refractivity contribution is 5.36. The van der Waals surface area contributed by atoms with Gasteiger partial charge in [0.05, 0.1) is 11.5 Å². The molecule has 3 aliphatic carbocycles. The molecular weight excluding hydrogens is 502 g/mol. The Morgan fingerprint density at radius 1 is 0.744 bits per heavy atom. The first kappa shape index (κ1) is 28.0. The van der Waals surface area contributed by atoms with Crippen molar-refractivity contribution in [1.82, 2.24) is 0 Å². The van der Waals surface area contributed by atoms with Crippen LogP contribution in [-0.2, 0) is 0 Å². The summed E-state index contributed by atoms with van der Waals surface area (Å²) in [6.07, 6.45) is 7.48. The minimum atomic E-state index is -3.39. The van der Waals surface area contributed by atoms with Crippen molar-refractivity contribution in [3.05, 3.63) is 64.7 Å². The predicted octanol–water partition coefficient (Wildman–Crippen LogP) is 9.88. The van der Waals surface area contributed by atoms with Gasteiger partial charge < -0.3 is 4.74 Å². The fourth-order valence-electron chi connectivity index (χ4n) is 7.44. The smallest absolute Gasteiger partial charge is 0.400 e. The molecule has 2 nitrogen and oxygen atoms in total. The first-order valence-corrected chi connectivity index (χ1v) is 14.8. The van der Waals surface area contributed by atoms with Crippen LogP contribution in [0.4, 0.5) is 17.6 Å². The molecule has 3 aliphatic rings. The minimum Gasteiger partial charge on any atom is -0.432 e. The van der Waals surface area contributed by atoms with Crippen LogP contribution in [-0.4, -0.2) is 6.11 Å². The molecule has 6 heteroatoms. The predicted molar refractivity (Wildman–Crippen MR) is 144 cm³/mol. The highest BCUT2D eigenvalue weighted by atomic mass is 19.3. The molecule has 0 aromatic heterocycles. The SMILES string of the molecule is CC1CCC(c2ccc(C3CCC(C4CCC(C(F)(F)Oc5ccc(C#N)c(F)c5)CC4)CC3)c(F)c2)CC1. The normalized spacial score (nSPS) is 29.9. The van der Waals surface area contributed by atoms with Crippen molar-refractivity contribution >= 4 is 0 Å². The quantitative estimate of drug-likeness (QED) is 0.341. The zero-order valence-corrected chi connectivity index (χ0v) is 22.8. The Morgan fingerprint density at radius 3 is 1.95 bits per heavy atom. The van der Waals surface area contributed by atoms with Gasteiger partial charge in [-0.3, -0.25) is 0 Å². The molecule has 0 radical (unpaired) electrons. The van der Waals surface area contributed by atoms with Crippen molar-refractivity contribution in [2.75, 3.05) is 0 Å². The van der Waals surface area contributed by atoms with E-state index in [2.05, 4.69) is 13.0 Å². The van der Waals surface area contributed by atoms with E-state index in [9.17, 15) is 13.2 Å². The molecule has 2 aromatic carbocycles. The standard InChI is InChI=1S/C33H39F4NO/c1-21-2-4-24(5-3-21)26-13-17-30(32(35)18-26)25-8-6-22(7-9-25)23-10-14-28(15-11-23)33(36,37)39-29-16-12-27(20-38)31(34)19-29/h12-13,16-19,21-25,28H,2-11,14-15H2,1H3. The summed E-state index contributed by atoms with van der Waals surface area (Å²) in [5, 5.41) is 8.83. The van der Waals surface area contributed by atoms with Gasteiger partial charge in [0.2, 0.25) is 0 Å². The van der Waals surface area contributed by atoms with Crippen molar-refractivity contribution in [1.29, 1.82) is 5.26 Å². The molecule has 3 saturated carbocycles.